The second kappa shape index (κ2) is 6.05. The molecular formula is C16H17NO2. The zero-order valence-corrected chi connectivity index (χ0v) is 11.0. The molecule has 0 saturated heterocycles. The van der Waals surface area contributed by atoms with E-state index in [1.807, 2.05) is 37.3 Å². The zero-order valence-electron chi connectivity index (χ0n) is 11.0. The van der Waals surface area contributed by atoms with Gasteiger partial charge in [-0.25, -0.2) is 0 Å². The summed E-state index contributed by atoms with van der Waals surface area (Å²) in [6.45, 7) is 6.67. The van der Waals surface area contributed by atoms with Crippen molar-refractivity contribution in [3.63, 3.8) is 0 Å². The topological polar surface area (TPSA) is 38.3 Å². The van der Waals surface area contributed by atoms with E-state index in [1.165, 1.54) is 0 Å². The Kier molecular flexibility index (Phi) is 4.18. The van der Waals surface area contributed by atoms with Crippen LogP contribution in [0.25, 0.3) is 5.57 Å². The highest BCUT2D eigenvalue weighted by Gasteiger charge is 2.16. The van der Waals surface area contributed by atoms with Gasteiger partial charge in [0.1, 0.15) is 12.4 Å². The maximum absolute atomic E-state index is 11.8. The van der Waals surface area contributed by atoms with Crippen molar-refractivity contribution < 1.29 is 9.53 Å². The molecule has 2 rings (SSSR count). The molecule has 1 heterocycles. The van der Waals surface area contributed by atoms with E-state index in [1.54, 1.807) is 12.1 Å². The lowest BCUT2D eigenvalue weighted by molar-refractivity contribution is 0.0957. The minimum atomic E-state index is -0.0808. The average Bonchev–Trinajstić information content (AvgIpc) is 2.61. The Balaban J connectivity index is 2.40. The van der Waals surface area contributed by atoms with Crippen molar-refractivity contribution in [2.24, 2.45) is 0 Å². The number of benzene rings is 1. The van der Waals surface area contributed by atoms with Crippen LogP contribution < -0.4 is 10.1 Å². The van der Waals surface area contributed by atoms with Crippen LogP contribution in [0.4, 0.5) is 0 Å². The Bertz CT molecular complexity index is 556. The van der Waals surface area contributed by atoms with E-state index in [9.17, 15) is 4.79 Å². The van der Waals surface area contributed by atoms with Crippen molar-refractivity contribution in [1.82, 2.24) is 5.32 Å². The Morgan fingerprint density at radius 2 is 2.32 bits per heavy atom. The predicted octanol–water partition coefficient (Wildman–Crippen LogP) is 2.95. The van der Waals surface area contributed by atoms with E-state index >= 15 is 0 Å². The van der Waals surface area contributed by atoms with Crippen LogP contribution in [-0.4, -0.2) is 19.1 Å². The van der Waals surface area contributed by atoms with Gasteiger partial charge in [-0.2, -0.15) is 0 Å². The lowest BCUT2D eigenvalue weighted by Crippen LogP contribution is -2.24. The van der Waals surface area contributed by atoms with Gasteiger partial charge in [0.15, 0.2) is 0 Å². The van der Waals surface area contributed by atoms with E-state index in [-0.39, 0.29) is 5.91 Å². The van der Waals surface area contributed by atoms with Crippen LogP contribution in [0.3, 0.4) is 0 Å². The number of hydrogen-bond acceptors (Lipinski definition) is 2. The van der Waals surface area contributed by atoms with Crippen LogP contribution in [0.1, 0.15) is 22.8 Å². The first-order valence-corrected chi connectivity index (χ1v) is 6.27. The number of nitrogens with one attached hydrogen (secondary N) is 1. The maximum Gasteiger partial charge on any atom is 0.255 e. The lowest BCUT2D eigenvalue weighted by Gasteiger charge is -2.09. The lowest BCUT2D eigenvalue weighted by atomic mass is 10.0. The number of ether oxygens (including phenoxy) is 1. The third kappa shape index (κ3) is 2.94. The van der Waals surface area contributed by atoms with Crippen LogP contribution >= 0.6 is 0 Å². The molecule has 1 aliphatic heterocycles. The number of rotatable bonds is 3. The molecule has 1 aromatic carbocycles. The summed E-state index contributed by atoms with van der Waals surface area (Å²) in [7, 11) is 0. The van der Waals surface area contributed by atoms with E-state index in [4.69, 9.17) is 4.74 Å². The summed E-state index contributed by atoms with van der Waals surface area (Å²) >= 11 is 0. The minimum absolute atomic E-state index is 0.0808. The highest BCUT2D eigenvalue weighted by molar-refractivity contribution is 5.97. The second-order valence-electron chi connectivity index (χ2n) is 4.15. The summed E-state index contributed by atoms with van der Waals surface area (Å²) in [4.78, 5) is 11.8. The summed E-state index contributed by atoms with van der Waals surface area (Å²) in [5, 5.41) is 2.79. The molecule has 0 atom stereocenters. The number of carbonyl (C=O) groups is 1. The first-order valence-electron chi connectivity index (χ1n) is 6.27. The zero-order chi connectivity index (χ0) is 13.7. The van der Waals surface area contributed by atoms with Crippen LogP contribution in [0.15, 0.2) is 49.1 Å². The summed E-state index contributed by atoms with van der Waals surface area (Å²) < 4.78 is 5.60. The summed E-state index contributed by atoms with van der Waals surface area (Å²) in [6.07, 6.45) is 7.61. The van der Waals surface area contributed by atoms with E-state index < -0.39 is 0 Å². The fourth-order valence-electron chi connectivity index (χ4n) is 1.96. The highest BCUT2D eigenvalue weighted by Crippen LogP contribution is 2.26. The van der Waals surface area contributed by atoms with Crippen molar-refractivity contribution in [3.8, 4) is 5.75 Å². The largest absolute Gasteiger partial charge is 0.491 e. The quantitative estimate of drug-likeness (QED) is 0.843. The molecule has 0 saturated carbocycles. The molecule has 0 unspecified atom stereocenters. The third-order valence-electron chi connectivity index (χ3n) is 2.93. The molecule has 1 N–H and O–H groups in total. The molecule has 3 nitrogen and oxygen atoms in total. The van der Waals surface area contributed by atoms with E-state index in [0.29, 0.717) is 24.5 Å². The Hall–Kier alpha value is -2.29. The van der Waals surface area contributed by atoms with Crippen molar-refractivity contribution in [2.45, 2.75) is 6.92 Å². The molecule has 3 heteroatoms. The van der Waals surface area contributed by atoms with E-state index in [2.05, 4.69) is 11.9 Å². The summed E-state index contributed by atoms with van der Waals surface area (Å²) in [5.74, 6) is 0.557. The van der Waals surface area contributed by atoms with Gasteiger partial charge in [0.2, 0.25) is 0 Å². The molecule has 0 aromatic heterocycles. The van der Waals surface area contributed by atoms with Gasteiger partial charge in [0.05, 0.1) is 12.1 Å². The molecule has 1 aliphatic rings. The predicted molar refractivity (Wildman–Crippen MR) is 77.3 cm³/mol. The highest BCUT2D eigenvalue weighted by atomic mass is 16.5. The van der Waals surface area contributed by atoms with Gasteiger partial charge in [-0.05, 0) is 30.2 Å². The van der Waals surface area contributed by atoms with Gasteiger partial charge in [-0.3, -0.25) is 4.79 Å². The molecule has 1 amide bonds. The smallest absolute Gasteiger partial charge is 0.255 e. The Labute approximate surface area is 113 Å². The fourth-order valence-corrected chi connectivity index (χ4v) is 1.96. The molecule has 98 valence electrons. The number of carbonyl (C=O) groups excluding carboxylic acids is 1. The van der Waals surface area contributed by atoms with Crippen molar-refractivity contribution in [2.75, 3.05) is 13.2 Å². The van der Waals surface area contributed by atoms with Gasteiger partial charge in [-0.15, -0.1) is 0 Å². The number of amides is 1. The molecule has 0 bridgehead atoms. The van der Waals surface area contributed by atoms with Gasteiger partial charge in [0, 0.05) is 0 Å². The Morgan fingerprint density at radius 1 is 1.47 bits per heavy atom. The first-order chi connectivity index (χ1) is 9.26. The van der Waals surface area contributed by atoms with Crippen molar-refractivity contribution >= 4 is 11.5 Å². The normalized spacial score (nSPS) is 15.4. The van der Waals surface area contributed by atoms with Crippen LogP contribution in [0.5, 0.6) is 5.75 Å². The van der Waals surface area contributed by atoms with Crippen LogP contribution in [-0.2, 0) is 0 Å². The number of hydrogen-bond donors (Lipinski definition) is 1. The minimum Gasteiger partial charge on any atom is -0.491 e. The second-order valence-corrected chi connectivity index (χ2v) is 4.15. The van der Waals surface area contributed by atoms with Crippen LogP contribution in [0, 0.1) is 0 Å². The molecule has 0 spiro atoms. The van der Waals surface area contributed by atoms with Gasteiger partial charge in [-0.1, -0.05) is 36.9 Å². The summed E-state index contributed by atoms with van der Waals surface area (Å²) in [6, 6.07) is 5.63. The maximum atomic E-state index is 11.8. The van der Waals surface area contributed by atoms with Crippen LogP contribution in [0.2, 0.25) is 0 Å². The molecule has 0 radical (unpaired) electrons. The monoisotopic (exact) mass is 255 g/mol. The molecular weight excluding hydrogens is 238 g/mol. The first kappa shape index (κ1) is 13.1. The number of fused-ring (bicyclic) bond motifs is 1. The Morgan fingerprint density at radius 3 is 3.05 bits per heavy atom. The van der Waals surface area contributed by atoms with E-state index in [0.717, 1.165) is 11.1 Å². The van der Waals surface area contributed by atoms with Gasteiger partial charge >= 0.3 is 0 Å². The SMILES string of the molecule is C=C/C=C\C(=C/C)c1ccc2c(c1)OCCNC2=O. The van der Waals surface area contributed by atoms with Gasteiger partial charge < -0.3 is 10.1 Å². The van der Waals surface area contributed by atoms with Crippen molar-refractivity contribution in [3.05, 3.63) is 60.2 Å². The average molecular weight is 255 g/mol. The number of allylic oxidation sites excluding steroid dienone is 5. The van der Waals surface area contributed by atoms with Crippen molar-refractivity contribution in [1.29, 1.82) is 0 Å². The summed E-state index contributed by atoms with van der Waals surface area (Å²) in [5.41, 5.74) is 2.68. The third-order valence-corrected chi connectivity index (χ3v) is 2.93. The molecule has 1 aromatic rings. The molecule has 0 aliphatic carbocycles. The van der Waals surface area contributed by atoms with Gasteiger partial charge in [0.25, 0.3) is 5.91 Å². The molecule has 19 heavy (non-hydrogen) atoms. The molecule has 0 fully saturated rings. The standard InChI is InChI=1S/C16H17NO2/c1-3-5-6-12(4-2)13-7-8-14-15(11-13)19-10-9-17-16(14)18/h3-8,11H,1,9-10H2,2H3,(H,17,18)/b6-5-,12-4+. The fraction of sp³-hybridized carbons (Fsp3) is 0.188.